The molecule has 1 heterocycles. The number of carbonyl (C=O) groups is 1. The van der Waals surface area contributed by atoms with Crippen LogP contribution in [0, 0.1) is 29.6 Å². The Kier molecular flexibility index (Phi) is 8.40. The number of ketones is 1. The molecule has 2 atom stereocenters. The van der Waals surface area contributed by atoms with Crippen LogP contribution >= 0.6 is 0 Å². The Labute approximate surface area is 200 Å². The van der Waals surface area contributed by atoms with Crippen molar-refractivity contribution in [1.82, 2.24) is 0 Å². The van der Waals surface area contributed by atoms with Gasteiger partial charge in [-0.3, -0.25) is 9.35 Å². The van der Waals surface area contributed by atoms with E-state index in [4.69, 9.17) is 4.55 Å². The summed E-state index contributed by atoms with van der Waals surface area (Å²) in [5.41, 5.74) is -0.192. The van der Waals surface area contributed by atoms with Crippen LogP contribution < -0.4 is 4.57 Å². The zero-order valence-electron chi connectivity index (χ0n) is 19.6. The highest BCUT2D eigenvalue weighted by atomic mass is 32.2. The van der Waals surface area contributed by atoms with Gasteiger partial charge in [-0.05, 0) is 49.3 Å². The largest absolute Gasteiger partial charge is 0.744 e. The fourth-order valence-electron chi connectivity index (χ4n) is 4.63. The summed E-state index contributed by atoms with van der Waals surface area (Å²) in [7, 11) is -6.68. The summed E-state index contributed by atoms with van der Waals surface area (Å²) < 4.78 is 75.8. The molecule has 2 aromatic rings. The Hall–Kier alpha value is -2.21. The number of Topliss-reactive ketones (excluding diaryl/α,β-unsaturated/α-hetero) is 1. The predicted octanol–water partition coefficient (Wildman–Crippen LogP) is 2.82. The van der Waals surface area contributed by atoms with Gasteiger partial charge < -0.3 is 4.55 Å². The van der Waals surface area contributed by atoms with Gasteiger partial charge in [0.25, 0.3) is 10.1 Å². The van der Waals surface area contributed by atoms with E-state index in [2.05, 4.69) is 0 Å². The third-order valence-corrected chi connectivity index (χ3v) is 8.58. The van der Waals surface area contributed by atoms with Crippen LogP contribution in [0.3, 0.4) is 0 Å². The summed E-state index contributed by atoms with van der Waals surface area (Å²) in [6.45, 7) is 5.71. The first-order valence-electron chi connectivity index (χ1n) is 10.6. The number of halogens is 1. The number of hydrogen-bond donors (Lipinski definition) is 1. The number of nitrogens with zero attached hydrogens (tertiary/aromatic N) is 1. The van der Waals surface area contributed by atoms with Crippen LogP contribution in [0.1, 0.15) is 38.7 Å². The molecule has 4 rings (SSSR count). The molecule has 2 aliphatic carbocycles. The van der Waals surface area contributed by atoms with Crippen molar-refractivity contribution in [3.8, 4) is 0 Å². The number of hydrogen-bond acceptors (Lipinski definition) is 6. The standard InChI is InChI=1S/C10H16O4S.C7H8O3S.C6H7FN/c1-9(2)7-3-4-10(9,8(11)5-7)6-15(12,13)14;1-6-2-4-7(5-3-6)11(8,9)10;1-8-5-3-2-4-6(8)7/h7H,3-6H2,1-2H3,(H,12,13,14);2-5H,1H3,(H,8,9,10);2-5H,1H3/q;;+1/p-1. The lowest BCUT2D eigenvalue weighted by Gasteiger charge is -2.35. The Bertz CT molecular complexity index is 1220. The van der Waals surface area contributed by atoms with Gasteiger partial charge in [-0.1, -0.05) is 31.5 Å². The van der Waals surface area contributed by atoms with E-state index in [1.807, 2.05) is 20.8 Å². The third kappa shape index (κ3) is 6.47. The summed E-state index contributed by atoms with van der Waals surface area (Å²) in [6.07, 6.45) is 3.63. The van der Waals surface area contributed by atoms with Crippen LogP contribution in [-0.2, 0) is 32.1 Å². The molecule has 0 radical (unpaired) electrons. The van der Waals surface area contributed by atoms with Crippen LogP contribution in [-0.4, -0.2) is 37.5 Å². The topological polar surface area (TPSA) is 133 Å². The first-order valence-corrected chi connectivity index (χ1v) is 13.6. The molecule has 1 aromatic heterocycles. The lowest BCUT2D eigenvalue weighted by molar-refractivity contribution is -0.700. The number of aryl methyl sites for hydroxylation is 2. The van der Waals surface area contributed by atoms with E-state index in [0.717, 1.165) is 12.0 Å². The highest BCUT2D eigenvalue weighted by molar-refractivity contribution is 7.86. The van der Waals surface area contributed by atoms with E-state index >= 15 is 0 Å². The first-order chi connectivity index (χ1) is 15.5. The smallest absolute Gasteiger partial charge is 0.359 e. The van der Waals surface area contributed by atoms with Gasteiger partial charge in [0.05, 0.1) is 16.1 Å². The molecule has 1 N–H and O–H groups in total. The number of fused-ring (bicyclic) bond motifs is 2. The monoisotopic (exact) mass is 515 g/mol. The van der Waals surface area contributed by atoms with E-state index in [1.165, 1.54) is 22.8 Å². The quantitative estimate of drug-likeness (QED) is 0.378. The minimum absolute atomic E-state index is 0.0152. The second-order valence-electron chi connectivity index (χ2n) is 9.29. The maximum Gasteiger partial charge on any atom is 0.359 e. The minimum Gasteiger partial charge on any atom is -0.744 e. The van der Waals surface area contributed by atoms with Crippen molar-refractivity contribution in [3.63, 3.8) is 0 Å². The van der Waals surface area contributed by atoms with Crippen LogP contribution in [0.25, 0.3) is 0 Å². The summed E-state index contributed by atoms with van der Waals surface area (Å²) in [5.74, 6) is -0.317. The zero-order valence-corrected chi connectivity index (χ0v) is 21.2. The Balaban J connectivity index is 0.000000190. The molecule has 2 fully saturated rings. The van der Waals surface area contributed by atoms with E-state index in [9.17, 15) is 30.6 Å². The molecule has 2 saturated carbocycles. The highest BCUT2D eigenvalue weighted by Gasteiger charge is 2.65. The van der Waals surface area contributed by atoms with Crippen molar-refractivity contribution in [1.29, 1.82) is 0 Å². The van der Waals surface area contributed by atoms with Gasteiger partial charge >= 0.3 is 5.95 Å². The summed E-state index contributed by atoms with van der Waals surface area (Å²) in [6, 6.07) is 10.6. The molecular weight excluding hydrogens is 485 g/mol. The highest BCUT2D eigenvalue weighted by Crippen LogP contribution is 2.64. The molecule has 2 aliphatic rings. The molecule has 1 aromatic carbocycles. The predicted molar refractivity (Wildman–Crippen MR) is 122 cm³/mol. The SMILES string of the molecule is CC1(C)C2CCC1(CS(=O)(=O)O)C(=O)C2.C[n+]1ccccc1F.Cc1ccc(S(=O)(=O)[O-])cc1. The van der Waals surface area contributed by atoms with E-state index in [1.54, 1.807) is 37.5 Å². The van der Waals surface area contributed by atoms with E-state index in [-0.39, 0.29) is 28.0 Å². The van der Waals surface area contributed by atoms with Crippen molar-refractivity contribution in [2.75, 3.05) is 5.75 Å². The molecular formula is C23H30FNO7S2. The van der Waals surface area contributed by atoms with Gasteiger partial charge in [0.2, 0.25) is 0 Å². The lowest BCUT2D eigenvalue weighted by atomic mass is 9.70. The zero-order chi connectivity index (χ0) is 25.9. The molecule has 0 spiro atoms. The van der Waals surface area contributed by atoms with E-state index in [0.29, 0.717) is 12.8 Å². The molecule has 0 aliphatic heterocycles. The molecule has 8 nitrogen and oxygen atoms in total. The normalized spacial score (nSPS) is 22.9. The van der Waals surface area contributed by atoms with Gasteiger partial charge in [0.15, 0.2) is 6.20 Å². The lowest BCUT2D eigenvalue weighted by Crippen LogP contribution is -2.42. The molecule has 0 saturated heterocycles. The molecule has 0 amide bonds. The number of aromatic nitrogens is 1. The second kappa shape index (κ2) is 10.2. The van der Waals surface area contributed by atoms with Crippen LogP contribution in [0.2, 0.25) is 0 Å². The molecule has 188 valence electrons. The summed E-state index contributed by atoms with van der Waals surface area (Å²) >= 11 is 0. The number of carbonyl (C=O) groups excluding carboxylic acids is 1. The maximum atomic E-state index is 12.3. The maximum absolute atomic E-state index is 12.3. The van der Waals surface area contributed by atoms with Gasteiger partial charge in [-0.2, -0.15) is 13.0 Å². The van der Waals surface area contributed by atoms with Crippen LogP contribution in [0.5, 0.6) is 0 Å². The molecule has 11 heteroatoms. The third-order valence-electron chi connectivity index (χ3n) is 6.87. The number of benzene rings is 1. The average Bonchev–Trinajstić information content (AvgIpc) is 3.04. The van der Waals surface area contributed by atoms with Crippen LogP contribution in [0.15, 0.2) is 53.6 Å². The van der Waals surface area contributed by atoms with Gasteiger partial charge in [-0.15, -0.1) is 4.39 Å². The fourth-order valence-corrected chi connectivity index (χ4v) is 6.40. The molecule has 2 bridgehead atoms. The van der Waals surface area contributed by atoms with Gasteiger partial charge in [0, 0.05) is 18.6 Å². The summed E-state index contributed by atoms with van der Waals surface area (Å²) in [5, 5.41) is 0. The first kappa shape index (κ1) is 28.0. The van der Waals surface area contributed by atoms with Crippen molar-refractivity contribution < 1.29 is 39.7 Å². The average molecular weight is 516 g/mol. The molecule has 2 unspecified atom stereocenters. The van der Waals surface area contributed by atoms with Crippen molar-refractivity contribution >= 4 is 26.0 Å². The second-order valence-corrected chi connectivity index (χ2v) is 12.1. The van der Waals surface area contributed by atoms with E-state index < -0.39 is 31.4 Å². The van der Waals surface area contributed by atoms with Gasteiger partial charge in [0.1, 0.15) is 22.9 Å². The van der Waals surface area contributed by atoms with Crippen molar-refractivity contribution in [2.24, 2.45) is 23.8 Å². The Morgan fingerprint density at radius 2 is 1.71 bits per heavy atom. The van der Waals surface area contributed by atoms with Crippen molar-refractivity contribution in [2.45, 2.75) is 44.9 Å². The van der Waals surface area contributed by atoms with Crippen LogP contribution in [0.4, 0.5) is 4.39 Å². The number of pyridine rings is 1. The molecule has 34 heavy (non-hydrogen) atoms. The number of rotatable bonds is 3. The van der Waals surface area contributed by atoms with Gasteiger partial charge in [-0.25, -0.2) is 8.42 Å². The Morgan fingerprint density at radius 3 is 2.06 bits per heavy atom. The fraction of sp³-hybridized carbons (Fsp3) is 0.478. The minimum atomic E-state index is -4.27. The van der Waals surface area contributed by atoms with Crippen molar-refractivity contribution in [3.05, 3.63) is 60.2 Å². The Morgan fingerprint density at radius 1 is 1.12 bits per heavy atom. The summed E-state index contributed by atoms with van der Waals surface area (Å²) in [4.78, 5) is 11.7.